The molecule has 2 rings (SSSR count). The minimum absolute atomic E-state index is 0.121. The molecular formula is C16H24FNO. The second-order valence-electron chi connectivity index (χ2n) is 6.13. The molecule has 1 aliphatic carbocycles. The van der Waals surface area contributed by atoms with Gasteiger partial charge >= 0.3 is 0 Å². The summed E-state index contributed by atoms with van der Waals surface area (Å²) in [5, 5.41) is 3.52. The van der Waals surface area contributed by atoms with Gasteiger partial charge in [-0.05, 0) is 43.4 Å². The van der Waals surface area contributed by atoms with Gasteiger partial charge in [-0.15, -0.1) is 0 Å². The highest BCUT2D eigenvalue weighted by Crippen LogP contribution is 2.39. The van der Waals surface area contributed by atoms with Crippen molar-refractivity contribution in [3.8, 4) is 5.75 Å². The monoisotopic (exact) mass is 265 g/mol. The highest BCUT2D eigenvalue weighted by Gasteiger charge is 2.42. The molecule has 1 saturated carbocycles. The van der Waals surface area contributed by atoms with Crippen LogP contribution in [0.3, 0.4) is 0 Å². The van der Waals surface area contributed by atoms with Crippen LogP contribution in [0.5, 0.6) is 5.75 Å². The first-order chi connectivity index (χ1) is 8.94. The van der Waals surface area contributed by atoms with E-state index in [1.807, 2.05) is 6.92 Å². The van der Waals surface area contributed by atoms with Crippen molar-refractivity contribution >= 4 is 0 Å². The molecule has 1 aromatic carbocycles. The summed E-state index contributed by atoms with van der Waals surface area (Å²) in [4.78, 5) is 0. The maximum Gasteiger partial charge on any atom is 0.126 e. The molecule has 2 unspecified atom stereocenters. The zero-order chi connectivity index (χ0) is 14.0. The van der Waals surface area contributed by atoms with Gasteiger partial charge in [0.15, 0.2) is 0 Å². The number of hydrogen-bond donors (Lipinski definition) is 1. The highest BCUT2D eigenvalue weighted by atomic mass is 19.1. The fraction of sp³-hybridized carbons (Fsp3) is 0.625. The van der Waals surface area contributed by atoms with Crippen LogP contribution >= 0.6 is 0 Å². The lowest BCUT2D eigenvalue weighted by atomic mass is 9.87. The molecular weight excluding hydrogens is 241 g/mol. The summed E-state index contributed by atoms with van der Waals surface area (Å²) in [5.41, 5.74) is 1.21. The van der Waals surface area contributed by atoms with Crippen molar-refractivity contribution in [2.45, 2.75) is 52.7 Å². The third-order valence-corrected chi connectivity index (χ3v) is 4.14. The van der Waals surface area contributed by atoms with Crippen LogP contribution < -0.4 is 10.1 Å². The van der Waals surface area contributed by atoms with E-state index in [0.29, 0.717) is 11.8 Å². The third-order valence-electron chi connectivity index (χ3n) is 4.14. The summed E-state index contributed by atoms with van der Waals surface area (Å²) in [6.07, 6.45) is 2.26. The summed E-state index contributed by atoms with van der Waals surface area (Å²) in [6.45, 7) is 9.52. The normalized spacial score (nSPS) is 25.5. The van der Waals surface area contributed by atoms with Gasteiger partial charge in [-0.25, -0.2) is 4.39 Å². The smallest absolute Gasteiger partial charge is 0.126 e. The second kappa shape index (κ2) is 5.49. The van der Waals surface area contributed by atoms with Gasteiger partial charge in [-0.1, -0.05) is 26.8 Å². The number of benzene rings is 1. The number of rotatable bonds is 4. The Labute approximate surface area is 115 Å². The van der Waals surface area contributed by atoms with Crippen molar-refractivity contribution in [2.75, 3.05) is 6.54 Å². The van der Waals surface area contributed by atoms with Crippen LogP contribution in [0.1, 0.15) is 39.2 Å². The summed E-state index contributed by atoms with van der Waals surface area (Å²) < 4.78 is 19.4. The third kappa shape index (κ3) is 3.08. The Kier molecular flexibility index (Phi) is 4.14. The summed E-state index contributed by atoms with van der Waals surface area (Å²) >= 11 is 0. The Balaban J connectivity index is 2.16. The molecule has 0 amide bonds. The van der Waals surface area contributed by atoms with Gasteiger partial charge in [-0.2, -0.15) is 0 Å². The van der Waals surface area contributed by atoms with E-state index in [0.717, 1.165) is 24.9 Å². The maximum atomic E-state index is 13.3. The van der Waals surface area contributed by atoms with E-state index in [2.05, 4.69) is 26.1 Å². The van der Waals surface area contributed by atoms with E-state index in [1.165, 1.54) is 12.1 Å². The molecule has 1 N–H and O–H groups in total. The molecule has 0 saturated heterocycles. The van der Waals surface area contributed by atoms with E-state index in [1.54, 1.807) is 6.07 Å². The lowest BCUT2D eigenvalue weighted by Gasteiger charge is -2.31. The Morgan fingerprint density at radius 3 is 2.84 bits per heavy atom. The molecule has 2 nitrogen and oxygen atoms in total. The average Bonchev–Trinajstić information content (AvgIpc) is 2.62. The van der Waals surface area contributed by atoms with Crippen LogP contribution in [-0.4, -0.2) is 18.7 Å². The van der Waals surface area contributed by atoms with Crippen molar-refractivity contribution < 1.29 is 9.13 Å². The molecule has 0 bridgehead atoms. The Bertz CT molecular complexity index is 444. The minimum atomic E-state index is -0.238. The van der Waals surface area contributed by atoms with Gasteiger partial charge in [0, 0.05) is 12.1 Å². The maximum absolute atomic E-state index is 13.3. The lowest BCUT2D eigenvalue weighted by molar-refractivity contribution is 0.140. The van der Waals surface area contributed by atoms with E-state index < -0.39 is 0 Å². The first kappa shape index (κ1) is 14.3. The predicted molar refractivity (Wildman–Crippen MR) is 76.0 cm³/mol. The number of ether oxygens (including phenoxy) is 1. The molecule has 1 aromatic rings. The van der Waals surface area contributed by atoms with Gasteiger partial charge < -0.3 is 10.1 Å². The summed E-state index contributed by atoms with van der Waals surface area (Å²) in [5.74, 6) is 0.434. The van der Waals surface area contributed by atoms with Crippen LogP contribution in [0, 0.1) is 18.2 Å². The van der Waals surface area contributed by atoms with Crippen molar-refractivity contribution in [2.24, 2.45) is 5.41 Å². The van der Waals surface area contributed by atoms with Crippen molar-refractivity contribution in [1.29, 1.82) is 0 Å². The number of likely N-dealkylation sites (N-methyl/N-ethyl adjacent to an activating group) is 1. The Morgan fingerprint density at radius 1 is 1.42 bits per heavy atom. The van der Waals surface area contributed by atoms with Gasteiger partial charge in [0.1, 0.15) is 17.7 Å². The lowest BCUT2D eigenvalue weighted by Crippen LogP contribution is -2.46. The molecule has 2 atom stereocenters. The predicted octanol–water partition coefficient (Wildman–Crippen LogP) is 3.68. The van der Waals surface area contributed by atoms with Crippen molar-refractivity contribution in [1.82, 2.24) is 5.32 Å². The largest absolute Gasteiger partial charge is 0.488 e. The summed E-state index contributed by atoms with van der Waals surface area (Å²) in [7, 11) is 0. The summed E-state index contributed by atoms with van der Waals surface area (Å²) in [6, 6.07) is 5.05. The SMILES string of the molecule is CCNC1C(Oc2cc(F)ccc2C)CCC1(C)C. The zero-order valence-corrected chi connectivity index (χ0v) is 12.3. The van der Waals surface area contributed by atoms with Crippen molar-refractivity contribution in [3.63, 3.8) is 0 Å². The molecule has 19 heavy (non-hydrogen) atoms. The zero-order valence-electron chi connectivity index (χ0n) is 12.3. The van der Waals surface area contributed by atoms with Crippen LogP contribution in [0.2, 0.25) is 0 Å². The molecule has 1 aliphatic rings. The van der Waals surface area contributed by atoms with E-state index >= 15 is 0 Å². The molecule has 0 aromatic heterocycles. The van der Waals surface area contributed by atoms with E-state index in [4.69, 9.17) is 4.74 Å². The topological polar surface area (TPSA) is 21.3 Å². The fourth-order valence-corrected chi connectivity index (χ4v) is 2.96. The van der Waals surface area contributed by atoms with E-state index in [-0.39, 0.29) is 17.3 Å². The molecule has 0 heterocycles. The number of aryl methyl sites for hydroxylation is 1. The quantitative estimate of drug-likeness (QED) is 0.896. The average molecular weight is 265 g/mol. The molecule has 0 spiro atoms. The van der Waals surface area contributed by atoms with Gasteiger partial charge in [0.25, 0.3) is 0 Å². The van der Waals surface area contributed by atoms with Crippen LogP contribution in [0.4, 0.5) is 4.39 Å². The molecule has 3 heteroatoms. The minimum Gasteiger partial charge on any atom is -0.488 e. The van der Waals surface area contributed by atoms with E-state index in [9.17, 15) is 4.39 Å². The number of hydrogen-bond acceptors (Lipinski definition) is 2. The number of nitrogens with one attached hydrogen (secondary N) is 1. The van der Waals surface area contributed by atoms with Gasteiger partial charge in [0.05, 0.1) is 0 Å². The second-order valence-corrected chi connectivity index (χ2v) is 6.13. The molecule has 1 fully saturated rings. The van der Waals surface area contributed by atoms with Gasteiger partial charge in [0.2, 0.25) is 0 Å². The standard InChI is InChI=1S/C16H24FNO/c1-5-18-15-13(8-9-16(15,3)4)19-14-10-12(17)7-6-11(14)2/h6-7,10,13,15,18H,5,8-9H2,1-4H3. The Hall–Kier alpha value is -1.09. The first-order valence-corrected chi connectivity index (χ1v) is 7.10. The fourth-order valence-electron chi connectivity index (χ4n) is 2.96. The first-order valence-electron chi connectivity index (χ1n) is 7.10. The van der Waals surface area contributed by atoms with Crippen LogP contribution in [0.15, 0.2) is 18.2 Å². The van der Waals surface area contributed by atoms with Crippen LogP contribution in [-0.2, 0) is 0 Å². The molecule has 0 aliphatic heterocycles. The molecule has 106 valence electrons. The van der Waals surface area contributed by atoms with Gasteiger partial charge in [-0.3, -0.25) is 0 Å². The Morgan fingerprint density at radius 2 is 2.16 bits per heavy atom. The van der Waals surface area contributed by atoms with Crippen LogP contribution in [0.25, 0.3) is 0 Å². The van der Waals surface area contributed by atoms with Crippen molar-refractivity contribution in [3.05, 3.63) is 29.6 Å². The molecule has 0 radical (unpaired) electrons. The highest BCUT2D eigenvalue weighted by molar-refractivity contribution is 5.33. The number of halogens is 1.